The minimum atomic E-state index is -0.545. The van der Waals surface area contributed by atoms with Crippen LogP contribution in [-0.2, 0) is 0 Å². The maximum atomic E-state index is 11.7. The summed E-state index contributed by atoms with van der Waals surface area (Å²) in [6.07, 6.45) is 0. The molecule has 0 aliphatic rings. The second kappa shape index (κ2) is 6.74. The molecule has 0 bridgehead atoms. The van der Waals surface area contributed by atoms with E-state index in [0.29, 0.717) is 15.6 Å². The zero-order chi connectivity index (χ0) is 14.5. The number of amides is 3. The highest BCUT2D eigenvalue weighted by Crippen LogP contribution is 2.21. The van der Waals surface area contributed by atoms with Gasteiger partial charge in [0.25, 0.3) is 5.91 Å². The number of rotatable bonds is 2. The number of carbonyl (C=O) groups is 2. The fourth-order valence-corrected chi connectivity index (χ4v) is 2.71. The van der Waals surface area contributed by atoms with E-state index >= 15 is 0 Å². The van der Waals surface area contributed by atoms with Crippen LogP contribution in [0.3, 0.4) is 0 Å². The van der Waals surface area contributed by atoms with Crippen molar-refractivity contribution in [3.05, 3.63) is 50.1 Å². The summed E-state index contributed by atoms with van der Waals surface area (Å²) in [4.78, 5) is 23.7. The normalized spacial score (nSPS) is 9.90. The monoisotopic (exact) mass is 373 g/mol. The number of halogens is 2. The Morgan fingerprint density at radius 1 is 1.05 bits per heavy atom. The summed E-state index contributed by atoms with van der Waals surface area (Å²) in [7, 11) is 0. The highest BCUT2D eigenvalue weighted by molar-refractivity contribution is 9.11. The molecule has 1 aromatic carbocycles. The Morgan fingerprint density at radius 2 is 1.75 bits per heavy atom. The van der Waals surface area contributed by atoms with Gasteiger partial charge in [0.05, 0.1) is 8.66 Å². The summed E-state index contributed by atoms with van der Waals surface area (Å²) >= 11 is 10.3. The lowest BCUT2D eigenvalue weighted by Gasteiger charge is -2.08. The topological polar surface area (TPSA) is 70.2 Å². The molecule has 3 amide bonds. The maximum Gasteiger partial charge on any atom is 0.337 e. The van der Waals surface area contributed by atoms with E-state index in [2.05, 4.69) is 32.1 Å². The van der Waals surface area contributed by atoms with Gasteiger partial charge < -0.3 is 5.32 Å². The second-order valence-electron chi connectivity index (χ2n) is 3.64. The maximum absolute atomic E-state index is 11.7. The van der Waals surface area contributed by atoms with E-state index in [1.807, 2.05) is 0 Å². The molecule has 1 aromatic heterocycles. The van der Waals surface area contributed by atoms with Crippen molar-refractivity contribution in [3.63, 3.8) is 0 Å². The van der Waals surface area contributed by atoms with Crippen molar-refractivity contribution in [2.24, 2.45) is 0 Å². The minimum absolute atomic E-state index is 0.382. The molecular weight excluding hydrogens is 366 g/mol. The van der Waals surface area contributed by atoms with Crippen LogP contribution in [0.1, 0.15) is 9.67 Å². The van der Waals surface area contributed by atoms with Gasteiger partial charge in [-0.2, -0.15) is 0 Å². The molecule has 104 valence electrons. The van der Waals surface area contributed by atoms with Crippen LogP contribution >= 0.6 is 38.9 Å². The van der Waals surface area contributed by atoms with Crippen LogP contribution in [-0.4, -0.2) is 11.9 Å². The number of carbonyl (C=O) groups excluding carboxylic acids is 2. The first kappa shape index (κ1) is 14.8. The molecule has 0 saturated heterocycles. The number of nitrogens with one attached hydrogen (secondary N) is 3. The van der Waals surface area contributed by atoms with Gasteiger partial charge in [-0.25, -0.2) is 10.2 Å². The third-order valence-electron chi connectivity index (χ3n) is 2.19. The minimum Gasteiger partial charge on any atom is -0.307 e. The Hall–Kier alpha value is -1.57. The summed E-state index contributed by atoms with van der Waals surface area (Å²) < 4.78 is 0.841. The van der Waals surface area contributed by atoms with Crippen molar-refractivity contribution in [1.82, 2.24) is 10.9 Å². The van der Waals surface area contributed by atoms with Crippen LogP contribution in [0.2, 0.25) is 5.02 Å². The second-order valence-corrected chi connectivity index (χ2v) is 6.54. The highest BCUT2D eigenvalue weighted by atomic mass is 79.9. The average molecular weight is 375 g/mol. The number of benzene rings is 1. The van der Waals surface area contributed by atoms with Crippen LogP contribution in [0.25, 0.3) is 0 Å². The number of hydrazine groups is 1. The summed E-state index contributed by atoms with van der Waals surface area (Å²) in [6.45, 7) is 0. The van der Waals surface area contributed by atoms with Crippen molar-refractivity contribution in [2.45, 2.75) is 0 Å². The molecule has 20 heavy (non-hydrogen) atoms. The molecule has 5 nitrogen and oxygen atoms in total. The predicted octanol–water partition coefficient (Wildman–Crippen LogP) is 3.63. The largest absolute Gasteiger partial charge is 0.337 e. The number of anilines is 1. The average Bonchev–Trinajstić information content (AvgIpc) is 2.85. The molecule has 0 atom stereocenters. The van der Waals surface area contributed by atoms with Gasteiger partial charge in [0.15, 0.2) is 0 Å². The number of hydrogen-bond donors (Lipinski definition) is 3. The molecule has 8 heteroatoms. The first-order valence-corrected chi connectivity index (χ1v) is 7.41. The SMILES string of the molecule is O=C(NNC(=O)c1ccc(Br)s1)Nc1ccc(Cl)cc1. The van der Waals surface area contributed by atoms with Gasteiger partial charge in [-0.05, 0) is 52.3 Å². The zero-order valence-corrected chi connectivity index (χ0v) is 13.1. The van der Waals surface area contributed by atoms with Gasteiger partial charge in [0.1, 0.15) is 0 Å². The first-order valence-electron chi connectivity index (χ1n) is 5.43. The molecule has 1 heterocycles. The molecule has 0 aliphatic carbocycles. The molecule has 0 saturated carbocycles. The van der Waals surface area contributed by atoms with Gasteiger partial charge >= 0.3 is 6.03 Å². The zero-order valence-electron chi connectivity index (χ0n) is 9.94. The van der Waals surface area contributed by atoms with Crippen molar-refractivity contribution < 1.29 is 9.59 Å². The summed E-state index contributed by atoms with van der Waals surface area (Å²) in [6, 6.07) is 9.48. The van der Waals surface area contributed by atoms with Crippen molar-refractivity contribution in [2.75, 3.05) is 5.32 Å². The van der Waals surface area contributed by atoms with Crippen LogP contribution < -0.4 is 16.2 Å². The van der Waals surface area contributed by atoms with Gasteiger partial charge in [-0.3, -0.25) is 10.2 Å². The fraction of sp³-hybridized carbons (Fsp3) is 0. The Balaban J connectivity index is 1.83. The summed E-state index contributed by atoms with van der Waals surface area (Å²) in [5.41, 5.74) is 5.14. The number of hydrogen-bond acceptors (Lipinski definition) is 3. The Morgan fingerprint density at radius 3 is 2.35 bits per heavy atom. The summed E-state index contributed by atoms with van der Waals surface area (Å²) in [5.74, 6) is -0.382. The molecule has 0 unspecified atom stereocenters. The Labute approximate surface area is 132 Å². The van der Waals surface area contributed by atoms with Gasteiger partial charge in [0, 0.05) is 10.7 Å². The lowest BCUT2D eigenvalue weighted by Crippen LogP contribution is -2.43. The van der Waals surface area contributed by atoms with E-state index in [4.69, 9.17) is 11.6 Å². The van der Waals surface area contributed by atoms with Crippen LogP contribution in [0, 0.1) is 0 Å². The summed E-state index contributed by atoms with van der Waals surface area (Å²) in [5, 5.41) is 3.13. The molecule has 0 spiro atoms. The molecule has 0 fully saturated rings. The van der Waals surface area contributed by atoms with Crippen molar-refractivity contribution in [1.29, 1.82) is 0 Å². The molecule has 2 aromatic rings. The number of urea groups is 1. The van der Waals surface area contributed by atoms with E-state index < -0.39 is 6.03 Å². The fourth-order valence-electron chi connectivity index (χ4n) is 1.31. The quantitative estimate of drug-likeness (QED) is 0.703. The Kier molecular flexibility index (Phi) is 4.99. The smallest absolute Gasteiger partial charge is 0.307 e. The van der Waals surface area contributed by atoms with Gasteiger partial charge in [0.2, 0.25) is 0 Å². The van der Waals surface area contributed by atoms with Crippen LogP contribution in [0.15, 0.2) is 40.2 Å². The van der Waals surface area contributed by atoms with E-state index in [-0.39, 0.29) is 5.91 Å². The highest BCUT2D eigenvalue weighted by Gasteiger charge is 2.09. The lowest BCUT2D eigenvalue weighted by atomic mass is 10.3. The van der Waals surface area contributed by atoms with E-state index in [1.165, 1.54) is 11.3 Å². The first-order chi connectivity index (χ1) is 9.54. The Bertz CT molecular complexity index is 630. The van der Waals surface area contributed by atoms with Crippen LogP contribution in [0.4, 0.5) is 10.5 Å². The van der Waals surface area contributed by atoms with Gasteiger partial charge in [-0.15, -0.1) is 11.3 Å². The molecular formula is C12H9BrClN3O2S. The van der Waals surface area contributed by atoms with E-state index in [1.54, 1.807) is 36.4 Å². The predicted molar refractivity (Wildman–Crippen MR) is 83.1 cm³/mol. The van der Waals surface area contributed by atoms with Crippen molar-refractivity contribution >= 4 is 56.5 Å². The molecule has 0 radical (unpaired) electrons. The van der Waals surface area contributed by atoms with Gasteiger partial charge in [-0.1, -0.05) is 11.6 Å². The van der Waals surface area contributed by atoms with Crippen LogP contribution in [0.5, 0.6) is 0 Å². The number of thiophene rings is 1. The van der Waals surface area contributed by atoms with E-state index in [9.17, 15) is 9.59 Å². The molecule has 0 aliphatic heterocycles. The third-order valence-corrected chi connectivity index (χ3v) is 4.06. The third kappa shape index (κ3) is 4.22. The molecule has 3 N–H and O–H groups in total. The van der Waals surface area contributed by atoms with Crippen molar-refractivity contribution in [3.8, 4) is 0 Å². The lowest BCUT2D eigenvalue weighted by molar-refractivity contribution is 0.0942. The molecule has 2 rings (SSSR count). The van der Waals surface area contributed by atoms with E-state index in [0.717, 1.165) is 3.79 Å². The standard InChI is InChI=1S/C12H9BrClN3O2S/c13-10-6-5-9(20-10)11(18)16-17-12(19)15-8-3-1-7(14)2-4-8/h1-6H,(H,16,18)(H2,15,17,19).